The number of likely N-dealkylation sites (N-methyl/N-ethyl adjacent to an activating group) is 1. The molecule has 2 aliphatic heterocycles. The van der Waals surface area contributed by atoms with Crippen molar-refractivity contribution in [3.8, 4) is 0 Å². The van der Waals surface area contributed by atoms with Gasteiger partial charge < -0.3 is 19.9 Å². The van der Waals surface area contributed by atoms with Crippen molar-refractivity contribution >= 4 is 23.6 Å². The predicted molar refractivity (Wildman–Crippen MR) is 138 cm³/mol. The van der Waals surface area contributed by atoms with Gasteiger partial charge in [0.25, 0.3) is 0 Å². The zero-order valence-corrected chi connectivity index (χ0v) is 21.4. The number of carbonyl (C=O) groups is 3. The standard InChI is InChI=1S/C28H36N4O4/c1-4-7-24(33)29-23-9-6-8-22(18-23)26-25(27(34)31-16-14-30(5-2)15-17-31)32(28(35)36-26)19-21-12-10-20(3)11-13-21/h6,8-13,18,25-26H,4-5,7,14-17,19H2,1-3H3,(H,29,33). The van der Waals surface area contributed by atoms with Crippen LogP contribution in [0, 0.1) is 6.92 Å². The van der Waals surface area contributed by atoms with E-state index >= 15 is 0 Å². The fraction of sp³-hybridized carbons (Fsp3) is 0.464. The van der Waals surface area contributed by atoms with Gasteiger partial charge in [-0.05, 0) is 43.1 Å². The van der Waals surface area contributed by atoms with E-state index in [0.29, 0.717) is 30.8 Å². The molecule has 0 aliphatic carbocycles. The molecule has 2 unspecified atom stereocenters. The van der Waals surface area contributed by atoms with Gasteiger partial charge in [0, 0.05) is 38.3 Å². The van der Waals surface area contributed by atoms with E-state index < -0.39 is 18.2 Å². The number of amides is 3. The average molecular weight is 493 g/mol. The van der Waals surface area contributed by atoms with Crippen LogP contribution in [0.3, 0.4) is 0 Å². The van der Waals surface area contributed by atoms with Crippen molar-refractivity contribution < 1.29 is 19.1 Å². The number of piperazine rings is 1. The maximum atomic E-state index is 13.9. The maximum Gasteiger partial charge on any atom is 0.411 e. The van der Waals surface area contributed by atoms with Crippen LogP contribution in [0.15, 0.2) is 48.5 Å². The monoisotopic (exact) mass is 492 g/mol. The number of carbonyl (C=O) groups excluding carboxylic acids is 3. The number of cyclic esters (lactones) is 1. The number of nitrogens with one attached hydrogen (secondary N) is 1. The van der Waals surface area contributed by atoms with Gasteiger partial charge in [0.2, 0.25) is 11.8 Å². The maximum absolute atomic E-state index is 13.9. The number of ether oxygens (including phenoxy) is 1. The summed E-state index contributed by atoms with van der Waals surface area (Å²) >= 11 is 0. The summed E-state index contributed by atoms with van der Waals surface area (Å²) in [6.45, 7) is 10.2. The summed E-state index contributed by atoms with van der Waals surface area (Å²) in [5.74, 6) is -0.172. The molecule has 2 aromatic rings. The first-order valence-electron chi connectivity index (χ1n) is 12.8. The lowest BCUT2D eigenvalue weighted by Gasteiger charge is -2.37. The van der Waals surface area contributed by atoms with Gasteiger partial charge in [-0.1, -0.05) is 55.8 Å². The van der Waals surface area contributed by atoms with Crippen LogP contribution in [0.4, 0.5) is 10.5 Å². The Hall–Kier alpha value is -3.39. The third-order valence-corrected chi connectivity index (χ3v) is 6.92. The molecule has 3 amide bonds. The van der Waals surface area contributed by atoms with Crippen molar-refractivity contribution in [2.24, 2.45) is 0 Å². The Bertz CT molecular complexity index is 1080. The van der Waals surface area contributed by atoms with E-state index in [-0.39, 0.29) is 18.4 Å². The van der Waals surface area contributed by atoms with Crippen molar-refractivity contribution in [1.82, 2.24) is 14.7 Å². The minimum atomic E-state index is -0.784. The van der Waals surface area contributed by atoms with Gasteiger partial charge in [-0.15, -0.1) is 0 Å². The molecule has 8 nitrogen and oxygen atoms in total. The van der Waals surface area contributed by atoms with Crippen LogP contribution in [-0.4, -0.2) is 71.4 Å². The molecular formula is C28H36N4O4. The summed E-state index contributed by atoms with van der Waals surface area (Å²) in [4.78, 5) is 44.9. The minimum Gasteiger partial charge on any atom is -0.438 e. The van der Waals surface area contributed by atoms with Crippen LogP contribution in [0.5, 0.6) is 0 Å². The van der Waals surface area contributed by atoms with Gasteiger partial charge >= 0.3 is 6.09 Å². The van der Waals surface area contributed by atoms with Crippen molar-refractivity contribution in [2.75, 3.05) is 38.0 Å². The first-order valence-corrected chi connectivity index (χ1v) is 12.8. The predicted octanol–water partition coefficient (Wildman–Crippen LogP) is 3.96. The van der Waals surface area contributed by atoms with Crippen molar-refractivity contribution in [3.63, 3.8) is 0 Å². The molecule has 36 heavy (non-hydrogen) atoms. The van der Waals surface area contributed by atoms with Crippen molar-refractivity contribution in [3.05, 3.63) is 65.2 Å². The Morgan fingerprint density at radius 2 is 1.75 bits per heavy atom. The molecule has 2 fully saturated rings. The zero-order chi connectivity index (χ0) is 25.7. The minimum absolute atomic E-state index is 0.0690. The second kappa shape index (κ2) is 11.6. The lowest BCUT2D eigenvalue weighted by molar-refractivity contribution is -0.138. The van der Waals surface area contributed by atoms with E-state index in [4.69, 9.17) is 4.74 Å². The second-order valence-corrected chi connectivity index (χ2v) is 9.55. The van der Waals surface area contributed by atoms with Crippen LogP contribution in [0.25, 0.3) is 0 Å². The quantitative estimate of drug-likeness (QED) is 0.603. The van der Waals surface area contributed by atoms with Gasteiger partial charge in [0.1, 0.15) is 0 Å². The molecular weight excluding hydrogens is 456 g/mol. The Morgan fingerprint density at radius 3 is 2.42 bits per heavy atom. The van der Waals surface area contributed by atoms with Gasteiger partial charge in [-0.25, -0.2) is 4.79 Å². The summed E-state index contributed by atoms with van der Waals surface area (Å²) in [5.41, 5.74) is 3.38. The average Bonchev–Trinajstić information content (AvgIpc) is 3.21. The molecule has 2 aromatic carbocycles. The van der Waals surface area contributed by atoms with E-state index in [1.165, 1.54) is 0 Å². The zero-order valence-electron chi connectivity index (χ0n) is 21.4. The molecule has 2 heterocycles. The first-order chi connectivity index (χ1) is 17.4. The van der Waals surface area contributed by atoms with E-state index in [9.17, 15) is 14.4 Å². The highest BCUT2D eigenvalue weighted by atomic mass is 16.6. The highest BCUT2D eigenvalue weighted by molar-refractivity contribution is 5.91. The molecule has 2 aliphatic rings. The van der Waals surface area contributed by atoms with Crippen LogP contribution < -0.4 is 5.32 Å². The Kier molecular flexibility index (Phi) is 8.25. The summed E-state index contributed by atoms with van der Waals surface area (Å²) in [7, 11) is 0. The largest absolute Gasteiger partial charge is 0.438 e. The molecule has 0 saturated carbocycles. The summed E-state index contributed by atoms with van der Waals surface area (Å²) in [5, 5.41) is 2.90. The van der Waals surface area contributed by atoms with Crippen LogP contribution in [-0.2, 0) is 20.9 Å². The molecule has 1 N–H and O–H groups in total. The molecule has 2 atom stereocenters. The Labute approximate surface area is 213 Å². The van der Waals surface area contributed by atoms with E-state index in [1.54, 1.807) is 17.0 Å². The Balaban J connectivity index is 1.62. The normalized spacial score (nSPS) is 20.4. The Morgan fingerprint density at radius 1 is 1.03 bits per heavy atom. The molecule has 192 valence electrons. The lowest BCUT2D eigenvalue weighted by Crippen LogP contribution is -2.54. The number of aryl methyl sites for hydroxylation is 1. The molecule has 0 aromatic heterocycles. The summed E-state index contributed by atoms with van der Waals surface area (Å²) < 4.78 is 5.85. The molecule has 0 bridgehead atoms. The molecule has 0 radical (unpaired) electrons. The molecule has 8 heteroatoms. The van der Waals surface area contributed by atoms with Gasteiger partial charge in [-0.3, -0.25) is 14.5 Å². The lowest BCUT2D eigenvalue weighted by atomic mass is 9.99. The smallest absolute Gasteiger partial charge is 0.411 e. The van der Waals surface area contributed by atoms with Gasteiger partial charge in [-0.2, -0.15) is 0 Å². The third kappa shape index (κ3) is 5.87. The highest BCUT2D eigenvalue weighted by Crippen LogP contribution is 2.36. The third-order valence-electron chi connectivity index (χ3n) is 6.92. The fourth-order valence-corrected chi connectivity index (χ4v) is 4.80. The number of hydrogen-bond acceptors (Lipinski definition) is 5. The van der Waals surface area contributed by atoms with Crippen molar-refractivity contribution in [2.45, 2.75) is 52.3 Å². The number of benzene rings is 2. The molecule has 0 spiro atoms. The molecule has 2 saturated heterocycles. The van der Waals surface area contributed by atoms with Gasteiger partial charge in [0.05, 0.1) is 6.54 Å². The number of nitrogens with zero attached hydrogens (tertiary/aromatic N) is 3. The van der Waals surface area contributed by atoms with Crippen LogP contribution >= 0.6 is 0 Å². The first kappa shape index (κ1) is 25.7. The number of rotatable bonds is 8. The van der Waals surface area contributed by atoms with Gasteiger partial charge in [0.15, 0.2) is 12.1 Å². The van der Waals surface area contributed by atoms with E-state index in [2.05, 4.69) is 17.1 Å². The highest BCUT2D eigenvalue weighted by Gasteiger charge is 2.48. The summed E-state index contributed by atoms with van der Waals surface area (Å²) in [6, 6.07) is 14.4. The van der Waals surface area contributed by atoms with E-state index in [0.717, 1.165) is 37.2 Å². The van der Waals surface area contributed by atoms with Crippen molar-refractivity contribution in [1.29, 1.82) is 0 Å². The second-order valence-electron chi connectivity index (χ2n) is 9.55. The number of anilines is 1. The topological polar surface area (TPSA) is 82.2 Å². The fourth-order valence-electron chi connectivity index (χ4n) is 4.80. The SMILES string of the molecule is CCCC(=O)Nc1cccc(C2OC(=O)N(Cc3ccc(C)cc3)C2C(=O)N2CCN(CC)CC2)c1. The summed E-state index contributed by atoms with van der Waals surface area (Å²) in [6.07, 6.45) is -0.0893. The number of hydrogen-bond donors (Lipinski definition) is 1. The molecule has 4 rings (SSSR count). The van der Waals surface area contributed by atoms with E-state index in [1.807, 2.05) is 55.1 Å². The van der Waals surface area contributed by atoms with Crippen LogP contribution in [0.1, 0.15) is 49.5 Å². The van der Waals surface area contributed by atoms with Crippen LogP contribution in [0.2, 0.25) is 0 Å².